The molecule has 0 heterocycles. The molecule has 0 saturated heterocycles. The Labute approximate surface area is 75.7 Å². The van der Waals surface area contributed by atoms with Crippen LogP contribution >= 0.6 is 11.6 Å². The molecule has 0 aliphatic carbocycles. The Morgan fingerprint density at radius 3 is 2.17 bits per heavy atom. The van der Waals surface area contributed by atoms with Crippen molar-refractivity contribution in [3.8, 4) is 0 Å². The van der Waals surface area contributed by atoms with E-state index < -0.39 is 11.9 Å². The van der Waals surface area contributed by atoms with E-state index in [0.717, 1.165) is 0 Å². The fourth-order valence-electron chi connectivity index (χ4n) is 0.356. The van der Waals surface area contributed by atoms with Gasteiger partial charge in [0.2, 0.25) is 0 Å². The first-order chi connectivity index (χ1) is 5.49. The van der Waals surface area contributed by atoms with Crippen LogP contribution in [0, 0.1) is 0 Å². The van der Waals surface area contributed by atoms with E-state index in [0.29, 0.717) is 6.42 Å². The molecule has 0 unspecified atom stereocenters. The van der Waals surface area contributed by atoms with Crippen LogP contribution in [0.5, 0.6) is 0 Å². The van der Waals surface area contributed by atoms with E-state index in [4.69, 9.17) is 11.6 Å². The summed E-state index contributed by atoms with van der Waals surface area (Å²) in [4.78, 5) is 21.5. The minimum Gasteiger partial charge on any atom is -0.385 e. The summed E-state index contributed by atoms with van der Waals surface area (Å²) >= 11 is 5.17. The normalized spacial score (nSPS) is 8.83. The molecule has 0 aromatic heterocycles. The molecule has 0 atom stereocenters. The van der Waals surface area contributed by atoms with E-state index in [1.54, 1.807) is 6.92 Å². The molecule has 0 spiro atoms. The van der Waals surface area contributed by atoms with Crippen LogP contribution in [0.15, 0.2) is 23.8 Å². The molecule has 4 heteroatoms. The van der Waals surface area contributed by atoms with Crippen LogP contribution in [0.3, 0.4) is 0 Å². The average Bonchev–Trinajstić information content (AvgIpc) is 2.02. The first kappa shape index (κ1) is 10.9. The molecule has 66 valence electrons. The second-order valence-electron chi connectivity index (χ2n) is 2.04. The third-order valence-electron chi connectivity index (χ3n) is 1.12. The highest BCUT2D eigenvalue weighted by molar-refractivity contribution is 6.41. The van der Waals surface area contributed by atoms with Gasteiger partial charge in [-0.05, 0) is 6.42 Å². The summed E-state index contributed by atoms with van der Waals surface area (Å²) in [5, 5.41) is -0.327. The third kappa shape index (κ3) is 3.34. The SMILES string of the molecule is C=C(Cl)C(=O)OC(=O)C(=C)CC. The predicted molar refractivity (Wildman–Crippen MR) is 45.5 cm³/mol. The Kier molecular flexibility index (Phi) is 4.29. The van der Waals surface area contributed by atoms with Crippen molar-refractivity contribution in [3.63, 3.8) is 0 Å². The molecule has 0 fully saturated rings. The molecule has 0 N–H and O–H groups in total. The molecule has 0 aliphatic heterocycles. The summed E-state index contributed by atoms with van der Waals surface area (Å²) in [5.41, 5.74) is 0.223. The molecule has 0 rings (SSSR count). The minimum absolute atomic E-state index is 0.223. The summed E-state index contributed by atoms with van der Waals surface area (Å²) < 4.78 is 4.26. The maximum absolute atomic E-state index is 10.8. The van der Waals surface area contributed by atoms with E-state index >= 15 is 0 Å². The summed E-state index contributed by atoms with van der Waals surface area (Å²) in [6, 6.07) is 0. The van der Waals surface area contributed by atoms with Crippen LogP contribution in [-0.4, -0.2) is 11.9 Å². The fraction of sp³-hybridized carbons (Fsp3) is 0.250. The maximum atomic E-state index is 10.8. The Balaban J connectivity index is 4.11. The van der Waals surface area contributed by atoms with Crippen LogP contribution in [0.4, 0.5) is 0 Å². The van der Waals surface area contributed by atoms with Gasteiger partial charge in [-0.1, -0.05) is 31.7 Å². The Morgan fingerprint density at radius 2 is 1.83 bits per heavy atom. The molecule has 3 nitrogen and oxygen atoms in total. The Bertz CT molecular complexity index is 243. The van der Waals surface area contributed by atoms with Crippen molar-refractivity contribution in [2.75, 3.05) is 0 Å². The first-order valence-corrected chi connectivity index (χ1v) is 3.65. The smallest absolute Gasteiger partial charge is 0.357 e. The summed E-state index contributed by atoms with van der Waals surface area (Å²) in [6.07, 6.45) is 0.431. The zero-order valence-electron chi connectivity index (χ0n) is 6.72. The van der Waals surface area contributed by atoms with Gasteiger partial charge in [-0.15, -0.1) is 0 Å². The van der Waals surface area contributed by atoms with Gasteiger partial charge in [0.05, 0.1) is 0 Å². The summed E-state index contributed by atoms with van der Waals surface area (Å²) in [5.74, 6) is -1.69. The topological polar surface area (TPSA) is 43.4 Å². The van der Waals surface area contributed by atoms with Crippen molar-refractivity contribution in [1.82, 2.24) is 0 Å². The van der Waals surface area contributed by atoms with Crippen molar-refractivity contribution < 1.29 is 14.3 Å². The molecular weight excluding hydrogens is 180 g/mol. The lowest BCUT2D eigenvalue weighted by atomic mass is 10.2. The maximum Gasteiger partial charge on any atom is 0.357 e. The monoisotopic (exact) mass is 188 g/mol. The number of esters is 2. The van der Waals surface area contributed by atoms with E-state index in [-0.39, 0.29) is 10.6 Å². The van der Waals surface area contributed by atoms with Crippen molar-refractivity contribution in [1.29, 1.82) is 0 Å². The van der Waals surface area contributed by atoms with E-state index in [1.807, 2.05) is 0 Å². The number of hydrogen-bond acceptors (Lipinski definition) is 3. The highest BCUT2D eigenvalue weighted by atomic mass is 35.5. The highest BCUT2D eigenvalue weighted by Gasteiger charge is 2.13. The number of carbonyl (C=O) groups excluding carboxylic acids is 2. The molecular formula is C8H9ClO3. The number of halogens is 1. The molecule has 0 radical (unpaired) electrons. The van der Waals surface area contributed by atoms with Gasteiger partial charge >= 0.3 is 11.9 Å². The Morgan fingerprint density at radius 1 is 1.33 bits per heavy atom. The molecule has 0 amide bonds. The van der Waals surface area contributed by atoms with Crippen molar-refractivity contribution in [2.24, 2.45) is 0 Å². The summed E-state index contributed by atoms with van der Waals surface area (Å²) in [6.45, 7) is 8.21. The van der Waals surface area contributed by atoms with Gasteiger partial charge in [0, 0.05) is 5.57 Å². The predicted octanol–water partition coefficient (Wildman–Crippen LogP) is 1.77. The molecule has 12 heavy (non-hydrogen) atoms. The first-order valence-electron chi connectivity index (χ1n) is 3.27. The molecule has 0 bridgehead atoms. The van der Waals surface area contributed by atoms with Crippen LogP contribution in [0.25, 0.3) is 0 Å². The number of carbonyl (C=O) groups is 2. The van der Waals surface area contributed by atoms with Crippen LogP contribution in [0.2, 0.25) is 0 Å². The van der Waals surface area contributed by atoms with E-state index in [1.165, 1.54) is 0 Å². The largest absolute Gasteiger partial charge is 0.385 e. The molecule has 0 aliphatic rings. The number of hydrogen-bond donors (Lipinski definition) is 0. The lowest BCUT2D eigenvalue weighted by molar-refractivity contribution is -0.153. The molecule has 0 aromatic carbocycles. The lowest BCUT2D eigenvalue weighted by Crippen LogP contribution is -2.13. The standard InChI is InChI=1S/C8H9ClO3/c1-4-5(2)7(10)12-8(11)6(3)9/h2-4H2,1H3. The van der Waals surface area contributed by atoms with Gasteiger partial charge in [0.1, 0.15) is 5.03 Å². The lowest BCUT2D eigenvalue weighted by Gasteiger charge is -2.00. The van der Waals surface area contributed by atoms with Crippen molar-refractivity contribution in [2.45, 2.75) is 13.3 Å². The number of ether oxygens (including phenoxy) is 1. The van der Waals surface area contributed by atoms with Gasteiger partial charge in [0.15, 0.2) is 0 Å². The average molecular weight is 189 g/mol. The van der Waals surface area contributed by atoms with E-state index in [2.05, 4.69) is 17.9 Å². The highest BCUT2D eigenvalue weighted by Crippen LogP contribution is 2.04. The van der Waals surface area contributed by atoms with Gasteiger partial charge in [-0.25, -0.2) is 9.59 Å². The van der Waals surface area contributed by atoms with Crippen LogP contribution < -0.4 is 0 Å². The molecule has 0 aromatic rings. The van der Waals surface area contributed by atoms with Crippen LogP contribution in [0.1, 0.15) is 13.3 Å². The minimum atomic E-state index is -0.934. The second-order valence-corrected chi connectivity index (χ2v) is 2.50. The summed E-state index contributed by atoms with van der Waals surface area (Å²) in [7, 11) is 0. The quantitative estimate of drug-likeness (QED) is 0.385. The molecule has 0 saturated carbocycles. The van der Waals surface area contributed by atoms with Gasteiger partial charge in [0.25, 0.3) is 0 Å². The zero-order chi connectivity index (χ0) is 9.72. The van der Waals surface area contributed by atoms with Crippen LogP contribution in [-0.2, 0) is 14.3 Å². The fourth-order valence-corrected chi connectivity index (χ4v) is 0.395. The zero-order valence-corrected chi connectivity index (χ0v) is 7.48. The van der Waals surface area contributed by atoms with Crippen molar-refractivity contribution in [3.05, 3.63) is 23.8 Å². The Hall–Kier alpha value is -1.09. The van der Waals surface area contributed by atoms with Crippen molar-refractivity contribution >= 4 is 23.5 Å². The van der Waals surface area contributed by atoms with Gasteiger partial charge in [-0.2, -0.15) is 0 Å². The van der Waals surface area contributed by atoms with Gasteiger partial charge in [-0.3, -0.25) is 0 Å². The number of rotatable bonds is 3. The third-order valence-corrected chi connectivity index (χ3v) is 1.28. The second kappa shape index (κ2) is 4.72. The van der Waals surface area contributed by atoms with E-state index in [9.17, 15) is 9.59 Å². The van der Waals surface area contributed by atoms with Gasteiger partial charge < -0.3 is 4.74 Å².